The maximum absolute atomic E-state index is 14.8. The van der Waals surface area contributed by atoms with E-state index in [1.807, 2.05) is 0 Å². The smallest absolute Gasteiger partial charge is 0.354 e. The Labute approximate surface area is 211 Å². The lowest BCUT2D eigenvalue weighted by molar-refractivity contribution is -0.127. The minimum absolute atomic E-state index is 0.0655. The summed E-state index contributed by atoms with van der Waals surface area (Å²) in [7, 11) is -6.28. The molecule has 1 aliphatic rings. The van der Waals surface area contributed by atoms with Crippen LogP contribution in [0, 0.1) is 5.82 Å². The van der Waals surface area contributed by atoms with Crippen molar-refractivity contribution in [1.82, 2.24) is 19.7 Å². The van der Waals surface area contributed by atoms with E-state index in [9.17, 15) is 39.6 Å². The van der Waals surface area contributed by atoms with Gasteiger partial charge in [-0.3, -0.25) is 9.48 Å². The van der Waals surface area contributed by atoms with E-state index < -0.39 is 38.5 Å². The highest BCUT2D eigenvalue weighted by Crippen LogP contribution is 2.39. The van der Waals surface area contributed by atoms with Crippen LogP contribution in [0.4, 0.5) is 26.3 Å². The Morgan fingerprint density at radius 3 is 2.61 bits per heavy atom. The van der Waals surface area contributed by atoms with Crippen molar-refractivity contribution in [1.29, 1.82) is 0 Å². The number of nitrogens with zero attached hydrogens (tertiary/aromatic N) is 4. The Morgan fingerprint density at radius 2 is 1.95 bits per heavy atom. The molecule has 3 heterocycles. The lowest BCUT2D eigenvalue weighted by Gasteiger charge is -2.26. The van der Waals surface area contributed by atoms with Gasteiger partial charge < -0.3 is 9.08 Å². The SMILES string of the molecule is C=CC(=O)N1CCn2nc(-c3nc(OS(=O)(=O)C(F)(F)F)c4c(F)cccc4c3C=C(F)/C=C/F)cc2C1. The number of carbonyl (C=O) groups excluding carboxylic acids is 1. The zero-order valence-electron chi connectivity index (χ0n) is 19.0. The van der Waals surface area contributed by atoms with Gasteiger partial charge in [-0.2, -0.15) is 26.7 Å². The van der Waals surface area contributed by atoms with Crippen LogP contribution in [-0.4, -0.2) is 46.0 Å². The molecular formula is C23H16F6N4O4S. The molecule has 15 heteroatoms. The van der Waals surface area contributed by atoms with Gasteiger partial charge in [0.25, 0.3) is 0 Å². The van der Waals surface area contributed by atoms with E-state index in [0.29, 0.717) is 11.8 Å². The molecule has 3 aromatic rings. The number of aromatic nitrogens is 3. The fourth-order valence-electron chi connectivity index (χ4n) is 3.81. The van der Waals surface area contributed by atoms with Crippen LogP contribution in [0.2, 0.25) is 0 Å². The summed E-state index contributed by atoms with van der Waals surface area (Å²) in [6, 6.07) is 4.50. The Morgan fingerprint density at radius 1 is 1.21 bits per heavy atom. The summed E-state index contributed by atoms with van der Waals surface area (Å²) in [5.41, 5.74) is -6.14. The maximum atomic E-state index is 14.8. The average Bonchev–Trinajstić information content (AvgIpc) is 3.27. The molecule has 0 N–H and O–H groups in total. The van der Waals surface area contributed by atoms with Crippen molar-refractivity contribution in [3.63, 3.8) is 0 Å². The van der Waals surface area contributed by atoms with Crippen LogP contribution in [0.3, 0.4) is 0 Å². The molecule has 38 heavy (non-hydrogen) atoms. The largest absolute Gasteiger partial charge is 0.534 e. The maximum Gasteiger partial charge on any atom is 0.534 e. The first kappa shape index (κ1) is 26.9. The van der Waals surface area contributed by atoms with Crippen LogP contribution in [0.5, 0.6) is 5.88 Å². The van der Waals surface area contributed by atoms with E-state index in [1.165, 1.54) is 15.6 Å². The number of rotatable bonds is 6. The summed E-state index contributed by atoms with van der Waals surface area (Å²) in [4.78, 5) is 17.3. The number of fused-ring (bicyclic) bond motifs is 2. The van der Waals surface area contributed by atoms with Crippen LogP contribution in [-0.2, 0) is 28.0 Å². The van der Waals surface area contributed by atoms with E-state index in [2.05, 4.69) is 20.8 Å². The number of amides is 1. The van der Waals surface area contributed by atoms with E-state index >= 15 is 0 Å². The van der Waals surface area contributed by atoms with Crippen molar-refractivity contribution in [2.45, 2.75) is 18.6 Å². The fourth-order valence-corrected chi connectivity index (χ4v) is 4.23. The summed E-state index contributed by atoms with van der Waals surface area (Å²) in [5, 5.41) is 3.21. The number of carbonyl (C=O) groups is 1. The van der Waals surface area contributed by atoms with E-state index in [1.54, 1.807) is 0 Å². The molecule has 200 valence electrons. The molecule has 1 aliphatic heterocycles. The van der Waals surface area contributed by atoms with Gasteiger partial charge in [0, 0.05) is 18.2 Å². The summed E-state index contributed by atoms with van der Waals surface area (Å²) >= 11 is 0. The quantitative estimate of drug-likeness (QED) is 0.142. The van der Waals surface area contributed by atoms with E-state index in [0.717, 1.165) is 30.4 Å². The van der Waals surface area contributed by atoms with E-state index in [-0.39, 0.29) is 54.2 Å². The number of alkyl halides is 3. The second kappa shape index (κ2) is 9.96. The van der Waals surface area contributed by atoms with E-state index in [4.69, 9.17) is 0 Å². The molecule has 1 amide bonds. The van der Waals surface area contributed by atoms with Crippen molar-refractivity contribution < 1.29 is 43.7 Å². The normalized spacial score (nSPS) is 14.7. The van der Waals surface area contributed by atoms with Crippen LogP contribution < -0.4 is 4.18 Å². The first-order chi connectivity index (χ1) is 17.9. The molecule has 0 saturated heterocycles. The Kier molecular flexibility index (Phi) is 7.06. The molecule has 1 aromatic carbocycles. The summed E-state index contributed by atoms with van der Waals surface area (Å²) in [6.45, 7) is 3.93. The van der Waals surface area contributed by atoms with Crippen LogP contribution >= 0.6 is 0 Å². The molecule has 0 saturated carbocycles. The topological polar surface area (TPSA) is 94.4 Å². The third-order valence-electron chi connectivity index (χ3n) is 5.49. The number of benzene rings is 1. The van der Waals surface area contributed by atoms with Gasteiger partial charge in [0.15, 0.2) is 0 Å². The Balaban J connectivity index is 2.00. The molecule has 0 unspecified atom stereocenters. The highest BCUT2D eigenvalue weighted by Gasteiger charge is 2.49. The summed E-state index contributed by atoms with van der Waals surface area (Å²) < 4.78 is 110. The number of allylic oxidation sites excluding steroid dienone is 2. The number of halogens is 6. The van der Waals surface area contributed by atoms with Crippen LogP contribution in [0.25, 0.3) is 28.2 Å². The molecule has 8 nitrogen and oxygen atoms in total. The molecule has 0 fully saturated rings. The molecule has 0 spiro atoms. The highest BCUT2D eigenvalue weighted by atomic mass is 32.2. The number of hydrogen-bond donors (Lipinski definition) is 0. The summed E-state index contributed by atoms with van der Waals surface area (Å²) in [5.74, 6) is -4.02. The number of pyridine rings is 1. The van der Waals surface area contributed by atoms with Crippen LogP contribution in [0.1, 0.15) is 11.3 Å². The van der Waals surface area contributed by atoms with Gasteiger partial charge >= 0.3 is 15.6 Å². The Hall–Kier alpha value is -4.14. The fraction of sp³-hybridized carbons (Fsp3) is 0.174. The third-order valence-corrected chi connectivity index (χ3v) is 6.43. The second-order valence-electron chi connectivity index (χ2n) is 7.85. The molecule has 0 bridgehead atoms. The van der Waals surface area contributed by atoms with Gasteiger partial charge in [0.05, 0.1) is 30.5 Å². The second-order valence-corrected chi connectivity index (χ2v) is 9.39. The first-order valence-electron chi connectivity index (χ1n) is 10.6. The molecule has 0 radical (unpaired) electrons. The van der Waals surface area contributed by atoms with Crippen LogP contribution in [0.15, 0.2) is 55.2 Å². The molecule has 4 rings (SSSR count). The highest BCUT2D eigenvalue weighted by molar-refractivity contribution is 7.88. The zero-order chi connectivity index (χ0) is 27.8. The third kappa shape index (κ3) is 5.01. The predicted octanol–water partition coefficient (Wildman–Crippen LogP) is 4.79. The monoisotopic (exact) mass is 558 g/mol. The predicted molar refractivity (Wildman–Crippen MR) is 123 cm³/mol. The van der Waals surface area contributed by atoms with Gasteiger partial charge in [-0.15, -0.1) is 0 Å². The standard InChI is InChI=1S/C23H16F6N4O4S/c1-2-19(34)32-8-9-33-14(12-32)11-18(31-33)21-16(10-13(25)6-7-24)15-4-3-5-17(26)20(15)22(30-21)37-38(35,36)23(27,28)29/h2-7,10-11H,1,8-9,12H2/b7-6+,13-10?. The minimum Gasteiger partial charge on any atom is -0.354 e. The van der Waals surface area contributed by atoms with Gasteiger partial charge in [0.1, 0.15) is 23.0 Å². The van der Waals surface area contributed by atoms with Crippen molar-refractivity contribution in [2.75, 3.05) is 6.54 Å². The first-order valence-corrected chi connectivity index (χ1v) is 12.0. The van der Waals surface area contributed by atoms with Gasteiger partial charge in [0.2, 0.25) is 11.8 Å². The van der Waals surface area contributed by atoms with Gasteiger partial charge in [-0.25, -0.2) is 18.2 Å². The van der Waals surface area contributed by atoms with Crippen molar-refractivity contribution in [2.24, 2.45) is 0 Å². The Bertz CT molecular complexity index is 1610. The van der Waals surface area contributed by atoms with Crippen molar-refractivity contribution in [3.05, 3.63) is 72.2 Å². The zero-order valence-corrected chi connectivity index (χ0v) is 19.9. The van der Waals surface area contributed by atoms with Crippen molar-refractivity contribution >= 4 is 32.9 Å². The van der Waals surface area contributed by atoms with Crippen molar-refractivity contribution in [3.8, 4) is 17.3 Å². The number of hydrogen-bond acceptors (Lipinski definition) is 6. The molecular weight excluding hydrogens is 542 g/mol. The molecule has 0 atom stereocenters. The minimum atomic E-state index is -6.28. The molecule has 2 aromatic heterocycles. The van der Waals surface area contributed by atoms with Gasteiger partial charge in [-0.1, -0.05) is 18.7 Å². The average molecular weight is 558 g/mol. The molecule has 0 aliphatic carbocycles. The summed E-state index contributed by atoms with van der Waals surface area (Å²) in [6.07, 6.45) is 2.15. The lowest BCUT2D eigenvalue weighted by Crippen LogP contribution is -2.37. The lowest BCUT2D eigenvalue weighted by atomic mass is 10.0. The van der Waals surface area contributed by atoms with Gasteiger partial charge in [-0.05, 0) is 29.7 Å².